The Labute approximate surface area is 118 Å². The Hall–Kier alpha value is -1.07. The van der Waals surface area contributed by atoms with Crippen molar-refractivity contribution in [1.29, 1.82) is 0 Å². The van der Waals surface area contributed by atoms with Crippen LogP contribution in [0.15, 0.2) is 24.5 Å². The van der Waals surface area contributed by atoms with Crippen LogP contribution in [0.4, 0.5) is 0 Å². The summed E-state index contributed by atoms with van der Waals surface area (Å²) in [6.07, 6.45) is 7.65. The zero-order valence-electron chi connectivity index (χ0n) is 11.1. The molecule has 1 aromatic rings. The summed E-state index contributed by atoms with van der Waals surface area (Å²) in [6, 6.07) is 4.07. The first kappa shape index (κ1) is 14.3. The number of nitrogens with one attached hydrogen (secondary N) is 1. The highest BCUT2D eigenvalue weighted by Crippen LogP contribution is 2.31. The Bertz CT molecular complexity index is 407. The quantitative estimate of drug-likeness (QED) is 0.823. The zero-order chi connectivity index (χ0) is 13.7. The summed E-state index contributed by atoms with van der Waals surface area (Å²) in [5, 5.41) is 12.5. The van der Waals surface area contributed by atoms with E-state index < -0.39 is 0 Å². The van der Waals surface area contributed by atoms with Gasteiger partial charge in [0.25, 0.3) is 0 Å². The molecule has 104 valence electrons. The maximum absolute atomic E-state index is 11.8. The van der Waals surface area contributed by atoms with Gasteiger partial charge in [-0.05, 0) is 49.1 Å². The molecule has 0 bridgehead atoms. The van der Waals surface area contributed by atoms with Gasteiger partial charge in [0, 0.05) is 18.4 Å². The monoisotopic (exact) mass is 280 g/mol. The molecule has 0 aromatic carbocycles. The fourth-order valence-corrected chi connectivity index (χ4v) is 2.79. The molecule has 1 amide bonds. The van der Waals surface area contributed by atoms with Crippen LogP contribution in [0.2, 0.25) is 0 Å². The topological polar surface area (TPSA) is 62.2 Å². The van der Waals surface area contributed by atoms with Gasteiger partial charge in [0.15, 0.2) is 0 Å². The van der Waals surface area contributed by atoms with Gasteiger partial charge in [-0.25, -0.2) is 0 Å². The van der Waals surface area contributed by atoms with Crippen LogP contribution in [-0.4, -0.2) is 40.2 Å². The van der Waals surface area contributed by atoms with Crippen LogP contribution < -0.4 is 5.32 Å². The lowest BCUT2D eigenvalue weighted by molar-refractivity contribution is -0.120. The first-order valence-electron chi connectivity index (χ1n) is 6.54. The first-order chi connectivity index (χ1) is 9.19. The van der Waals surface area contributed by atoms with E-state index in [-0.39, 0.29) is 18.1 Å². The minimum atomic E-state index is -0.192. The number of aromatic nitrogens is 1. The molecular formula is C14H20N2O2S. The fraction of sp³-hybridized carbons (Fsp3) is 0.571. The summed E-state index contributed by atoms with van der Waals surface area (Å²) in [5.74, 6) is 0.948. The SMILES string of the molecule is CSCC(=O)N[C@H](Cc1ccncc1)C1CC(O)C1. The number of hydrogen-bond donors (Lipinski definition) is 2. The molecule has 1 aliphatic rings. The second-order valence-electron chi connectivity index (χ2n) is 5.05. The number of nitrogens with zero attached hydrogens (tertiary/aromatic N) is 1. The highest BCUT2D eigenvalue weighted by atomic mass is 32.2. The molecular weight excluding hydrogens is 260 g/mol. The third kappa shape index (κ3) is 4.21. The molecule has 1 heterocycles. The molecule has 2 N–H and O–H groups in total. The number of aliphatic hydroxyl groups excluding tert-OH is 1. The van der Waals surface area contributed by atoms with Crippen LogP contribution in [0.3, 0.4) is 0 Å². The van der Waals surface area contributed by atoms with E-state index in [2.05, 4.69) is 10.3 Å². The fourth-order valence-electron chi connectivity index (χ4n) is 2.45. The Balaban J connectivity index is 1.96. The van der Waals surface area contributed by atoms with E-state index in [1.54, 1.807) is 12.4 Å². The van der Waals surface area contributed by atoms with E-state index in [0.29, 0.717) is 11.7 Å². The van der Waals surface area contributed by atoms with Crippen molar-refractivity contribution in [2.75, 3.05) is 12.0 Å². The van der Waals surface area contributed by atoms with Crippen LogP contribution in [0.5, 0.6) is 0 Å². The number of carbonyl (C=O) groups is 1. The summed E-state index contributed by atoms with van der Waals surface area (Å²) >= 11 is 1.52. The van der Waals surface area contributed by atoms with Crippen molar-refractivity contribution in [2.24, 2.45) is 5.92 Å². The predicted octanol–water partition coefficient (Wildman–Crippen LogP) is 1.24. The number of aliphatic hydroxyl groups is 1. The molecule has 1 atom stereocenters. The van der Waals surface area contributed by atoms with Gasteiger partial charge in [-0.3, -0.25) is 9.78 Å². The van der Waals surface area contributed by atoms with E-state index in [1.165, 1.54) is 17.3 Å². The van der Waals surface area contributed by atoms with Gasteiger partial charge >= 0.3 is 0 Å². The first-order valence-corrected chi connectivity index (χ1v) is 7.93. The Morgan fingerprint density at radius 3 is 2.79 bits per heavy atom. The van der Waals surface area contributed by atoms with E-state index >= 15 is 0 Å². The zero-order valence-corrected chi connectivity index (χ0v) is 11.9. The normalized spacial score (nSPS) is 23.5. The summed E-state index contributed by atoms with van der Waals surface area (Å²) in [6.45, 7) is 0. The summed E-state index contributed by atoms with van der Waals surface area (Å²) in [7, 11) is 0. The van der Waals surface area contributed by atoms with Crippen molar-refractivity contribution in [1.82, 2.24) is 10.3 Å². The summed E-state index contributed by atoms with van der Waals surface area (Å²) in [4.78, 5) is 15.8. The van der Waals surface area contributed by atoms with Crippen LogP contribution in [-0.2, 0) is 11.2 Å². The van der Waals surface area contributed by atoms with Gasteiger partial charge in [0.1, 0.15) is 0 Å². The minimum Gasteiger partial charge on any atom is -0.393 e. The lowest BCUT2D eigenvalue weighted by Gasteiger charge is -2.38. The van der Waals surface area contributed by atoms with Gasteiger partial charge in [0.2, 0.25) is 5.91 Å². The van der Waals surface area contributed by atoms with Crippen LogP contribution in [0.1, 0.15) is 18.4 Å². The molecule has 0 aliphatic heterocycles. The maximum Gasteiger partial charge on any atom is 0.230 e. The van der Waals surface area contributed by atoms with E-state index in [1.807, 2.05) is 18.4 Å². The second-order valence-corrected chi connectivity index (χ2v) is 5.92. The number of amides is 1. The Morgan fingerprint density at radius 1 is 1.53 bits per heavy atom. The van der Waals surface area contributed by atoms with Crippen molar-refractivity contribution in [3.05, 3.63) is 30.1 Å². The standard InChI is InChI=1S/C14H20N2O2S/c1-19-9-14(18)16-13(11-7-12(17)8-11)6-10-2-4-15-5-3-10/h2-5,11-13,17H,6-9H2,1H3,(H,16,18)/t11?,12?,13-/m1/s1. The van der Waals surface area contributed by atoms with Crippen molar-refractivity contribution in [3.63, 3.8) is 0 Å². The predicted molar refractivity (Wildman–Crippen MR) is 77.0 cm³/mol. The molecule has 1 saturated carbocycles. The average Bonchev–Trinajstić information content (AvgIpc) is 2.36. The molecule has 0 saturated heterocycles. The van der Waals surface area contributed by atoms with Crippen LogP contribution in [0, 0.1) is 5.92 Å². The van der Waals surface area contributed by atoms with Gasteiger partial charge in [-0.15, -0.1) is 0 Å². The molecule has 2 rings (SSSR count). The number of carbonyl (C=O) groups excluding carboxylic acids is 1. The number of thioether (sulfide) groups is 1. The molecule has 19 heavy (non-hydrogen) atoms. The lowest BCUT2D eigenvalue weighted by atomic mass is 9.75. The molecule has 1 aromatic heterocycles. The minimum absolute atomic E-state index is 0.0768. The molecule has 1 fully saturated rings. The second kappa shape index (κ2) is 6.91. The molecule has 0 spiro atoms. The van der Waals surface area contributed by atoms with Crippen molar-refractivity contribution < 1.29 is 9.90 Å². The maximum atomic E-state index is 11.8. The van der Waals surface area contributed by atoms with Crippen molar-refractivity contribution in [2.45, 2.75) is 31.4 Å². The lowest BCUT2D eigenvalue weighted by Crippen LogP contribution is -2.48. The van der Waals surface area contributed by atoms with Crippen molar-refractivity contribution in [3.8, 4) is 0 Å². The average molecular weight is 280 g/mol. The summed E-state index contributed by atoms with van der Waals surface area (Å²) < 4.78 is 0. The molecule has 0 unspecified atom stereocenters. The molecule has 5 heteroatoms. The largest absolute Gasteiger partial charge is 0.393 e. The van der Waals surface area contributed by atoms with Crippen LogP contribution >= 0.6 is 11.8 Å². The molecule has 0 radical (unpaired) electrons. The van der Waals surface area contributed by atoms with Gasteiger partial charge in [-0.1, -0.05) is 0 Å². The van der Waals surface area contributed by atoms with E-state index in [9.17, 15) is 9.90 Å². The third-order valence-electron chi connectivity index (χ3n) is 3.55. The van der Waals surface area contributed by atoms with Gasteiger partial charge in [-0.2, -0.15) is 11.8 Å². The number of hydrogen-bond acceptors (Lipinski definition) is 4. The highest BCUT2D eigenvalue weighted by molar-refractivity contribution is 7.99. The highest BCUT2D eigenvalue weighted by Gasteiger charge is 2.34. The smallest absolute Gasteiger partial charge is 0.230 e. The number of pyridine rings is 1. The van der Waals surface area contributed by atoms with Gasteiger partial charge in [0.05, 0.1) is 11.9 Å². The Kier molecular flexibility index (Phi) is 5.22. The molecule has 1 aliphatic carbocycles. The Morgan fingerprint density at radius 2 is 2.21 bits per heavy atom. The number of rotatable bonds is 6. The molecule has 4 nitrogen and oxygen atoms in total. The van der Waals surface area contributed by atoms with E-state index in [0.717, 1.165) is 19.3 Å². The van der Waals surface area contributed by atoms with Crippen LogP contribution in [0.25, 0.3) is 0 Å². The third-order valence-corrected chi connectivity index (χ3v) is 4.10. The summed E-state index contributed by atoms with van der Waals surface area (Å²) in [5.41, 5.74) is 1.17. The van der Waals surface area contributed by atoms with Gasteiger partial charge < -0.3 is 10.4 Å². The van der Waals surface area contributed by atoms with E-state index in [4.69, 9.17) is 0 Å². The van der Waals surface area contributed by atoms with Crippen molar-refractivity contribution >= 4 is 17.7 Å².